The minimum atomic E-state index is -5.17. The Kier molecular flexibility index (Phi) is 8.72. The smallest absolute Gasteiger partial charge is 0.457 e. The van der Waals surface area contributed by atoms with Crippen LogP contribution in [0.5, 0.6) is 0 Å². The van der Waals surface area contributed by atoms with Gasteiger partial charge >= 0.3 is 18.1 Å². The van der Waals surface area contributed by atoms with Gasteiger partial charge in [-0.1, -0.05) is 30.3 Å². The van der Waals surface area contributed by atoms with Crippen molar-refractivity contribution in [2.45, 2.75) is 45.1 Å². The molecule has 1 fully saturated rings. The molecule has 8 nitrogen and oxygen atoms in total. The predicted molar refractivity (Wildman–Crippen MR) is 155 cm³/mol. The summed E-state index contributed by atoms with van der Waals surface area (Å²) in [5, 5.41) is 0. The van der Waals surface area contributed by atoms with Gasteiger partial charge in [-0.25, -0.2) is 4.79 Å². The molecule has 0 aliphatic carbocycles. The van der Waals surface area contributed by atoms with Gasteiger partial charge in [0.25, 0.3) is 0 Å². The standard InChI is InChI=1S/C32H32F3N3O5/c1-21-18-29(38(31(41)32(33,34)35)26-11-9-25(10-12-26)36-14-16-42-17-15-36)27-19-24(8-13-28(27)37(21)22(2)39)30(40)43-20-23-6-4-3-5-7-23/h3-13,19,21,29H,14-18,20H2,1-2H3. The molecule has 226 valence electrons. The van der Waals surface area contributed by atoms with Gasteiger partial charge in [-0.3, -0.25) is 14.5 Å². The zero-order valence-electron chi connectivity index (χ0n) is 23.8. The van der Waals surface area contributed by atoms with E-state index in [1.807, 2.05) is 18.2 Å². The minimum Gasteiger partial charge on any atom is -0.457 e. The lowest BCUT2D eigenvalue weighted by molar-refractivity contribution is -0.171. The van der Waals surface area contributed by atoms with Gasteiger partial charge in [-0.2, -0.15) is 13.2 Å². The molecule has 2 heterocycles. The molecule has 0 aromatic heterocycles. The second kappa shape index (κ2) is 12.5. The van der Waals surface area contributed by atoms with Crippen LogP contribution in [0.15, 0.2) is 72.8 Å². The molecule has 2 amide bonds. The Bertz CT molecular complexity index is 1470. The summed E-state index contributed by atoms with van der Waals surface area (Å²) in [7, 11) is 0. The van der Waals surface area contributed by atoms with Crippen molar-refractivity contribution in [1.29, 1.82) is 0 Å². The summed E-state index contributed by atoms with van der Waals surface area (Å²) in [5.74, 6) is -3.03. The van der Waals surface area contributed by atoms with Crippen molar-refractivity contribution in [3.8, 4) is 0 Å². The highest BCUT2D eigenvalue weighted by atomic mass is 19.4. The van der Waals surface area contributed by atoms with Crippen LogP contribution in [0.1, 0.15) is 47.8 Å². The van der Waals surface area contributed by atoms with Crippen LogP contribution in [-0.2, 0) is 25.7 Å². The number of carbonyl (C=O) groups is 3. The van der Waals surface area contributed by atoms with E-state index in [2.05, 4.69) is 4.90 Å². The van der Waals surface area contributed by atoms with E-state index in [1.54, 1.807) is 31.2 Å². The topological polar surface area (TPSA) is 79.4 Å². The molecule has 2 aliphatic rings. The fourth-order valence-corrected chi connectivity index (χ4v) is 5.71. The average molecular weight is 596 g/mol. The number of hydrogen-bond acceptors (Lipinski definition) is 6. The van der Waals surface area contributed by atoms with E-state index in [1.165, 1.54) is 42.2 Å². The van der Waals surface area contributed by atoms with E-state index >= 15 is 0 Å². The number of esters is 1. The van der Waals surface area contributed by atoms with E-state index < -0.39 is 30.1 Å². The maximum absolute atomic E-state index is 14.1. The summed E-state index contributed by atoms with van der Waals surface area (Å²) in [5.41, 5.74) is 2.30. The first-order valence-electron chi connectivity index (χ1n) is 14.0. The number of halogens is 3. The number of morpholine rings is 1. The molecule has 0 radical (unpaired) electrons. The highest BCUT2D eigenvalue weighted by Gasteiger charge is 2.48. The first-order chi connectivity index (χ1) is 20.5. The number of hydrogen-bond donors (Lipinski definition) is 0. The van der Waals surface area contributed by atoms with Crippen molar-refractivity contribution in [2.75, 3.05) is 41.0 Å². The molecular formula is C32H32F3N3O5. The largest absolute Gasteiger partial charge is 0.471 e. The summed E-state index contributed by atoms with van der Waals surface area (Å²) in [4.78, 5) is 43.0. The van der Waals surface area contributed by atoms with Crippen LogP contribution in [0.3, 0.4) is 0 Å². The number of carbonyl (C=O) groups excluding carboxylic acids is 3. The highest BCUT2D eigenvalue weighted by molar-refractivity contribution is 6.00. The number of amides is 2. The molecule has 3 aromatic rings. The second-order valence-electron chi connectivity index (χ2n) is 10.6. The van der Waals surface area contributed by atoms with Crippen LogP contribution >= 0.6 is 0 Å². The molecule has 2 aliphatic heterocycles. The number of alkyl halides is 3. The van der Waals surface area contributed by atoms with Gasteiger partial charge in [0.1, 0.15) is 6.61 Å². The molecule has 0 N–H and O–H groups in total. The quantitative estimate of drug-likeness (QED) is 0.342. The van der Waals surface area contributed by atoms with Crippen LogP contribution in [0.2, 0.25) is 0 Å². The number of anilines is 3. The molecular weight excluding hydrogens is 563 g/mol. The Balaban J connectivity index is 1.54. The first-order valence-corrected chi connectivity index (χ1v) is 14.0. The number of fused-ring (bicyclic) bond motifs is 1. The van der Waals surface area contributed by atoms with Gasteiger partial charge in [0.15, 0.2) is 0 Å². The van der Waals surface area contributed by atoms with Gasteiger partial charge in [0, 0.05) is 43.1 Å². The zero-order valence-corrected chi connectivity index (χ0v) is 23.8. The van der Waals surface area contributed by atoms with E-state index in [-0.39, 0.29) is 35.7 Å². The van der Waals surface area contributed by atoms with Crippen LogP contribution in [0.4, 0.5) is 30.2 Å². The Morgan fingerprint density at radius 2 is 1.65 bits per heavy atom. The maximum atomic E-state index is 14.1. The lowest BCUT2D eigenvalue weighted by Crippen LogP contribution is -2.50. The second-order valence-corrected chi connectivity index (χ2v) is 10.6. The summed E-state index contributed by atoms with van der Waals surface area (Å²) < 4.78 is 53.2. The molecule has 5 rings (SSSR count). The maximum Gasteiger partial charge on any atom is 0.471 e. The molecule has 0 spiro atoms. The summed E-state index contributed by atoms with van der Waals surface area (Å²) in [6.07, 6.45) is -5.15. The van der Waals surface area contributed by atoms with Crippen molar-refractivity contribution >= 4 is 34.8 Å². The lowest BCUT2D eigenvalue weighted by atomic mass is 9.88. The third-order valence-corrected chi connectivity index (χ3v) is 7.72. The summed E-state index contributed by atoms with van der Waals surface area (Å²) in [6, 6.07) is 18.2. The van der Waals surface area contributed by atoms with Crippen LogP contribution in [-0.4, -0.2) is 56.3 Å². The third-order valence-electron chi connectivity index (χ3n) is 7.72. The SMILES string of the molecule is CC(=O)N1c2ccc(C(=O)OCc3ccccc3)cc2C(N(C(=O)C(F)(F)F)c2ccc(N3CCOCC3)cc2)CC1C. The van der Waals surface area contributed by atoms with E-state index in [0.29, 0.717) is 32.0 Å². The first kappa shape index (κ1) is 30.1. The number of rotatable bonds is 6. The van der Waals surface area contributed by atoms with Crippen molar-refractivity contribution in [2.24, 2.45) is 0 Å². The van der Waals surface area contributed by atoms with Crippen molar-refractivity contribution < 1.29 is 37.0 Å². The monoisotopic (exact) mass is 595 g/mol. The number of benzene rings is 3. The number of nitrogens with zero attached hydrogens (tertiary/aromatic N) is 3. The van der Waals surface area contributed by atoms with Crippen molar-refractivity contribution in [3.05, 3.63) is 89.5 Å². The molecule has 11 heteroatoms. The van der Waals surface area contributed by atoms with Crippen LogP contribution < -0.4 is 14.7 Å². The summed E-state index contributed by atoms with van der Waals surface area (Å²) in [6.45, 7) is 5.46. The summed E-state index contributed by atoms with van der Waals surface area (Å²) >= 11 is 0. The molecule has 43 heavy (non-hydrogen) atoms. The van der Waals surface area contributed by atoms with E-state index in [4.69, 9.17) is 9.47 Å². The lowest BCUT2D eigenvalue weighted by Gasteiger charge is -2.43. The van der Waals surface area contributed by atoms with Crippen molar-refractivity contribution in [3.63, 3.8) is 0 Å². The fraction of sp³-hybridized carbons (Fsp3) is 0.344. The van der Waals surface area contributed by atoms with Gasteiger partial charge in [0.05, 0.1) is 24.8 Å². The Hall–Kier alpha value is -4.38. The molecule has 3 aromatic carbocycles. The third kappa shape index (κ3) is 6.51. The predicted octanol–water partition coefficient (Wildman–Crippen LogP) is 5.66. The van der Waals surface area contributed by atoms with Crippen molar-refractivity contribution in [1.82, 2.24) is 0 Å². The molecule has 0 bridgehead atoms. The fourth-order valence-electron chi connectivity index (χ4n) is 5.71. The average Bonchev–Trinajstić information content (AvgIpc) is 3.00. The van der Waals surface area contributed by atoms with Crippen LogP contribution in [0, 0.1) is 0 Å². The van der Waals surface area contributed by atoms with Gasteiger partial charge in [0.2, 0.25) is 5.91 Å². The highest BCUT2D eigenvalue weighted by Crippen LogP contribution is 2.44. The van der Waals surface area contributed by atoms with E-state index in [0.717, 1.165) is 16.2 Å². The molecule has 0 saturated carbocycles. The Morgan fingerprint density at radius 1 is 0.977 bits per heavy atom. The van der Waals surface area contributed by atoms with Gasteiger partial charge in [-0.05, 0) is 66.9 Å². The number of ether oxygens (including phenoxy) is 2. The zero-order chi connectivity index (χ0) is 30.7. The van der Waals surface area contributed by atoms with E-state index in [9.17, 15) is 27.6 Å². The minimum absolute atomic E-state index is 0.00493. The van der Waals surface area contributed by atoms with Gasteiger partial charge < -0.3 is 19.3 Å². The normalized spacial score (nSPS) is 18.5. The van der Waals surface area contributed by atoms with Gasteiger partial charge in [-0.15, -0.1) is 0 Å². The Morgan fingerprint density at radius 3 is 2.28 bits per heavy atom. The molecule has 2 unspecified atom stereocenters. The Labute approximate surface area is 247 Å². The molecule has 1 saturated heterocycles. The van der Waals surface area contributed by atoms with Crippen LogP contribution in [0.25, 0.3) is 0 Å². The molecule has 2 atom stereocenters.